The van der Waals surface area contributed by atoms with Crippen LogP contribution in [0, 0.1) is 5.82 Å². The lowest BCUT2D eigenvalue weighted by Gasteiger charge is -2.00. The highest BCUT2D eigenvalue weighted by atomic mass is 35.5. The zero-order valence-electron chi connectivity index (χ0n) is 8.30. The Morgan fingerprint density at radius 2 is 2.31 bits per heavy atom. The lowest BCUT2D eigenvalue weighted by molar-refractivity contribution is -0.118. The minimum atomic E-state index is -0.334. The van der Waals surface area contributed by atoms with E-state index in [1.54, 1.807) is 6.07 Å². The van der Waals surface area contributed by atoms with E-state index < -0.39 is 0 Å². The predicted octanol–water partition coefficient (Wildman–Crippen LogP) is 2.43. The van der Waals surface area contributed by atoms with Crippen molar-refractivity contribution in [3.05, 3.63) is 35.8 Å². The van der Waals surface area contributed by atoms with Crippen LogP contribution in [0.15, 0.2) is 28.9 Å². The van der Waals surface area contributed by atoms with E-state index in [9.17, 15) is 9.18 Å². The topological polar surface area (TPSA) is 42.2 Å². The largest absolute Gasteiger partial charge is 0.464 e. The summed E-state index contributed by atoms with van der Waals surface area (Å²) in [7, 11) is 0. The first-order valence-electron chi connectivity index (χ1n) is 4.69. The summed E-state index contributed by atoms with van der Waals surface area (Å²) < 4.78 is 18.2. The molecule has 0 aliphatic carbocycles. The molecule has 1 aromatic carbocycles. The monoisotopic (exact) mass is 241 g/mol. The fraction of sp³-hybridized carbons (Fsp3) is 0.182. The zero-order chi connectivity index (χ0) is 11.5. The summed E-state index contributed by atoms with van der Waals surface area (Å²) in [5, 5.41) is 3.25. The van der Waals surface area contributed by atoms with Gasteiger partial charge < -0.3 is 9.73 Å². The van der Waals surface area contributed by atoms with E-state index >= 15 is 0 Å². The van der Waals surface area contributed by atoms with Gasteiger partial charge in [0.25, 0.3) is 0 Å². The van der Waals surface area contributed by atoms with Crippen molar-refractivity contribution in [2.45, 2.75) is 6.54 Å². The molecule has 0 unspecified atom stereocenters. The van der Waals surface area contributed by atoms with Gasteiger partial charge in [0.1, 0.15) is 17.3 Å². The average Bonchev–Trinajstić information content (AvgIpc) is 2.68. The number of halogens is 2. The predicted molar refractivity (Wildman–Crippen MR) is 58.7 cm³/mol. The van der Waals surface area contributed by atoms with Crippen molar-refractivity contribution in [2.24, 2.45) is 0 Å². The van der Waals surface area contributed by atoms with E-state index in [1.165, 1.54) is 18.4 Å². The Balaban J connectivity index is 2.24. The lowest BCUT2D eigenvalue weighted by atomic mass is 10.2. The number of rotatable bonds is 3. The quantitative estimate of drug-likeness (QED) is 0.839. The molecule has 2 rings (SSSR count). The minimum Gasteiger partial charge on any atom is -0.464 e. The fourth-order valence-corrected chi connectivity index (χ4v) is 1.53. The van der Waals surface area contributed by atoms with Gasteiger partial charge in [0.2, 0.25) is 5.91 Å². The summed E-state index contributed by atoms with van der Waals surface area (Å²) in [4.78, 5) is 11.0. The average molecular weight is 242 g/mol. The fourth-order valence-electron chi connectivity index (χ4n) is 1.43. The van der Waals surface area contributed by atoms with Crippen LogP contribution in [-0.2, 0) is 11.3 Å². The number of benzene rings is 1. The Morgan fingerprint density at radius 1 is 1.50 bits per heavy atom. The summed E-state index contributed by atoms with van der Waals surface area (Å²) >= 11 is 5.34. The third-order valence-electron chi connectivity index (χ3n) is 2.21. The van der Waals surface area contributed by atoms with Gasteiger partial charge in [-0.25, -0.2) is 4.39 Å². The smallest absolute Gasteiger partial charge is 0.235 e. The van der Waals surface area contributed by atoms with Gasteiger partial charge in [0.05, 0.1) is 6.26 Å². The number of carbonyl (C=O) groups excluding carboxylic acids is 1. The van der Waals surface area contributed by atoms with Gasteiger partial charge >= 0.3 is 0 Å². The zero-order valence-corrected chi connectivity index (χ0v) is 9.05. The normalized spacial score (nSPS) is 10.6. The van der Waals surface area contributed by atoms with Gasteiger partial charge in [-0.05, 0) is 18.2 Å². The Kier molecular flexibility index (Phi) is 3.10. The summed E-state index contributed by atoms with van der Waals surface area (Å²) in [5.41, 5.74) is 1.32. The maximum atomic E-state index is 13.0. The van der Waals surface area contributed by atoms with Crippen molar-refractivity contribution in [1.29, 1.82) is 0 Å². The first-order chi connectivity index (χ1) is 7.70. The molecule has 16 heavy (non-hydrogen) atoms. The van der Waals surface area contributed by atoms with Gasteiger partial charge in [-0.1, -0.05) is 0 Å². The molecule has 0 fully saturated rings. The first-order valence-corrected chi connectivity index (χ1v) is 5.22. The summed E-state index contributed by atoms with van der Waals surface area (Å²) in [6.07, 6.45) is 1.50. The van der Waals surface area contributed by atoms with Crippen LogP contribution in [0.5, 0.6) is 0 Å². The number of fused-ring (bicyclic) bond motifs is 1. The van der Waals surface area contributed by atoms with Crippen LogP contribution < -0.4 is 5.32 Å². The van der Waals surface area contributed by atoms with Crippen molar-refractivity contribution in [2.75, 3.05) is 5.88 Å². The lowest BCUT2D eigenvalue weighted by Crippen LogP contribution is -2.23. The van der Waals surface area contributed by atoms with Crippen molar-refractivity contribution < 1.29 is 13.6 Å². The van der Waals surface area contributed by atoms with Crippen LogP contribution >= 0.6 is 11.6 Å². The molecule has 1 amide bonds. The maximum Gasteiger partial charge on any atom is 0.235 e. The minimum absolute atomic E-state index is 0.0931. The second-order valence-corrected chi connectivity index (χ2v) is 3.58. The van der Waals surface area contributed by atoms with Gasteiger partial charge in [0.15, 0.2) is 0 Å². The molecule has 0 saturated carbocycles. The van der Waals surface area contributed by atoms with Crippen LogP contribution in [0.1, 0.15) is 5.56 Å². The van der Waals surface area contributed by atoms with Crippen LogP contribution in [-0.4, -0.2) is 11.8 Å². The van der Waals surface area contributed by atoms with Crippen molar-refractivity contribution in [3.63, 3.8) is 0 Å². The number of hydrogen-bond donors (Lipinski definition) is 1. The van der Waals surface area contributed by atoms with E-state index in [1.807, 2.05) is 0 Å². The number of amides is 1. The third-order valence-corrected chi connectivity index (χ3v) is 2.46. The van der Waals surface area contributed by atoms with Crippen molar-refractivity contribution in [3.8, 4) is 0 Å². The maximum absolute atomic E-state index is 13.0. The van der Waals surface area contributed by atoms with Crippen LogP contribution in [0.25, 0.3) is 11.0 Å². The molecule has 0 aliphatic rings. The van der Waals surface area contributed by atoms with Gasteiger partial charge in [-0.3, -0.25) is 4.79 Å². The molecule has 0 atom stereocenters. The molecule has 0 spiro atoms. The Hall–Kier alpha value is -1.55. The highest BCUT2D eigenvalue weighted by Crippen LogP contribution is 2.21. The molecule has 2 aromatic rings. The molecule has 0 aliphatic heterocycles. The molecule has 5 heteroatoms. The molecule has 1 N–H and O–H groups in total. The highest BCUT2D eigenvalue weighted by molar-refractivity contribution is 6.27. The summed E-state index contributed by atoms with van der Waals surface area (Å²) in [6.45, 7) is 0.280. The SMILES string of the molecule is O=C(CCl)NCc1coc2ccc(F)cc12. The Morgan fingerprint density at radius 3 is 3.06 bits per heavy atom. The Labute approximate surface area is 96.2 Å². The number of furan rings is 1. The van der Waals surface area contributed by atoms with E-state index in [2.05, 4.69) is 5.32 Å². The summed E-state index contributed by atoms with van der Waals surface area (Å²) in [6, 6.07) is 4.26. The summed E-state index contributed by atoms with van der Waals surface area (Å²) in [5.74, 6) is -0.698. The molecule has 0 saturated heterocycles. The van der Waals surface area contributed by atoms with Gasteiger partial charge in [-0.2, -0.15) is 0 Å². The highest BCUT2D eigenvalue weighted by Gasteiger charge is 2.07. The molecule has 0 radical (unpaired) electrons. The van der Waals surface area contributed by atoms with E-state index in [4.69, 9.17) is 16.0 Å². The number of hydrogen-bond acceptors (Lipinski definition) is 2. The van der Waals surface area contributed by atoms with E-state index in [0.29, 0.717) is 11.0 Å². The molecular formula is C11H9ClFNO2. The van der Waals surface area contributed by atoms with Crippen molar-refractivity contribution >= 4 is 28.5 Å². The number of carbonyl (C=O) groups is 1. The Bertz CT molecular complexity index is 524. The number of alkyl halides is 1. The molecule has 1 heterocycles. The molecular weight excluding hydrogens is 233 g/mol. The van der Waals surface area contributed by atoms with E-state index in [-0.39, 0.29) is 24.1 Å². The third kappa shape index (κ3) is 2.17. The molecule has 3 nitrogen and oxygen atoms in total. The van der Waals surface area contributed by atoms with Crippen LogP contribution in [0.3, 0.4) is 0 Å². The van der Waals surface area contributed by atoms with Crippen molar-refractivity contribution in [1.82, 2.24) is 5.32 Å². The molecule has 0 bridgehead atoms. The van der Waals surface area contributed by atoms with E-state index in [0.717, 1.165) is 5.56 Å². The molecule has 1 aromatic heterocycles. The second kappa shape index (κ2) is 4.53. The number of nitrogens with one attached hydrogen (secondary N) is 1. The van der Waals surface area contributed by atoms with Gasteiger partial charge in [-0.15, -0.1) is 11.6 Å². The molecule has 84 valence electrons. The first kappa shape index (κ1) is 11.0. The standard InChI is InChI=1S/C11H9ClFNO2/c12-4-11(15)14-5-7-6-16-10-2-1-8(13)3-9(7)10/h1-3,6H,4-5H2,(H,14,15). The van der Waals surface area contributed by atoms with Crippen LogP contribution in [0.2, 0.25) is 0 Å². The van der Waals surface area contributed by atoms with Gasteiger partial charge in [0, 0.05) is 17.5 Å². The van der Waals surface area contributed by atoms with Crippen LogP contribution in [0.4, 0.5) is 4.39 Å². The second-order valence-electron chi connectivity index (χ2n) is 3.31.